The molecule has 0 bridgehead atoms. The average Bonchev–Trinajstić information content (AvgIpc) is 2.52. The van der Waals surface area contributed by atoms with Crippen LogP contribution in [0, 0.1) is 6.92 Å². The van der Waals surface area contributed by atoms with Crippen molar-refractivity contribution in [3.05, 3.63) is 71.3 Å². The quantitative estimate of drug-likeness (QED) is 0.766. The molecule has 0 heterocycles. The monoisotopic (exact) mass is 294 g/mol. The van der Waals surface area contributed by atoms with E-state index in [1.165, 1.54) is 0 Å². The van der Waals surface area contributed by atoms with Gasteiger partial charge in [0, 0.05) is 0 Å². The highest BCUT2D eigenvalue weighted by molar-refractivity contribution is 5.79. The van der Waals surface area contributed by atoms with Crippen molar-refractivity contribution in [2.24, 2.45) is 0 Å². The molecule has 2 aromatic rings. The number of allylic oxidation sites excluding steroid dienone is 3. The lowest BCUT2D eigenvalue weighted by atomic mass is 10.0. The van der Waals surface area contributed by atoms with Gasteiger partial charge in [0.2, 0.25) is 0 Å². The van der Waals surface area contributed by atoms with Crippen LogP contribution in [0.4, 0.5) is 0 Å². The summed E-state index contributed by atoms with van der Waals surface area (Å²) in [4.78, 5) is 0. The Kier molecular flexibility index (Phi) is 5.42. The number of rotatable bonds is 5. The number of hydrogen-bond acceptors (Lipinski definition) is 2. The lowest BCUT2D eigenvalue weighted by Gasteiger charge is -2.06. The minimum absolute atomic E-state index is 0.286. The molecule has 2 aromatic carbocycles. The van der Waals surface area contributed by atoms with E-state index in [0.29, 0.717) is 0 Å². The van der Waals surface area contributed by atoms with Crippen LogP contribution < -0.4 is 4.74 Å². The molecule has 0 saturated heterocycles. The number of hydrogen-bond donors (Lipinski definition) is 1. The van der Waals surface area contributed by atoms with Gasteiger partial charge in [0.15, 0.2) is 0 Å². The molecule has 0 fully saturated rings. The van der Waals surface area contributed by atoms with Gasteiger partial charge in [-0.3, -0.25) is 0 Å². The number of methoxy groups -OCH3 is 1. The summed E-state index contributed by atoms with van der Waals surface area (Å²) in [7, 11) is 1.69. The van der Waals surface area contributed by atoms with Crippen LogP contribution in [0.3, 0.4) is 0 Å². The zero-order valence-corrected chi connectivity index (χ0v) is 13.3. The number of phenols is 1. The van der Waals surface area contributed by atoms with Gasteiger partial charge >= 0.3 is 0 Å². The SMILES string of the molecule is CC/C=C(\C=C\c1ccc(OC)c(C)c1)c1ccc(O)cc1. The molecule has 0 spiro atoms. The van der Waals surface area contributed by atoms with E-state index in [9.17, 15) is 5.11 Å². The van der Waals surface area contributed by atoms with Gasteiger partial charge in [0.1, 0.15) is 11.5 Å². The summed E-state index contributed by atoms with van der Waals surface area (Å²) < 4.78 is 5.29. The van der Waals surface area contributed by atoms with E-state index in [1.54, 1.807) is 19.2 Å². The van der Waals surface area contributed by atoms with Gasteiger partial charge in [-0.25, -0.2) is 0 Å². The normalized spacial score (nSPS) is 11.9. The second-order valence-electron chi connectivity index (χ2n) is 5.18. The molecule has 22 heavy (non-hydrogen) atoms. The van der Waals surface area contributed by atoms with Crippen LogP contribution in [0.1, 0.15) is 30.0 Å². The number of benzene rings is 2. The molecule has 0 unspecified atom stereocenters. The summed E-state index contributed by atoms with van der Waals surface area (Å²) in [5, 5.41) is 9.41. The maximum atomic E-state index is 9.41. The molecule has 2 rings (SSSR count). The van der Waals surface area contributed by atoms with Gasteiger partial charge in [-0.2, -0.15) is 0 Å². The Bertz CT molecular complexity index is 679. The minimum atomic E-state index is 0.286. The third-order valence-corrected chi connectivity index (χ3v) is 3.50. The molecule has 0 aliphatic heterocycles. The van der Waals surface area contributed by atoms with Crippen LogP contribution in [-0.2, 0) is 0 Å². The first-order valence-corrected chi connectivity index (χ1v) is 7.46. The number of aromatic hydroxyl groups is 1. The fourth-order valence-corrected chi connectivity index (χ4v) is 2.35. The molecular weight excluding hydrogens is 272 g/mol. The Morgan fingerprint density at radius 3 is 2.45 bits per heavy atom. The number of phenolic OH excluding ortho intramolecular Hbond substituents is 1. The van der Waals surface area contributed by atoms with Crippen LogP contribution in [0.5, 0.6) is 11.5 Å². The Hall–Kier alpha value is -2.48. The van der Waals surface area contributed by atoms with Crippen molar-refractivity contribution in [3.8, 4) is 11.5 Å². The second-order valence-corrected chi connectivity index (χ2v) is 5.18. The molecule has 0 aliphatic rings. The fraction of sp³-hybridized carbons (Fsp3) is 0.200. The number of ether oxygens (including phenoxy) is 1. The highest BCUT2D eigenvalue weighted by Gasteiger charge is 2.00. The van der Waals surface area contributed by atoms with Gasteiger partial charge in [0.25, 0.3) is 0 Å². The highest BCUT2D eigenvalue weighted by Crippen LogP contribution is 2.23. The molecule has 0 aliphatic carbocycles. The first kappa shape index (κ1) is 15.9. The zero-order chi connectivity index (χ0) is 15.9. The largest absolute Gasteiger partial charge is 0.508 e. The smallest absolute Gasteiger partial charge is 0.121 e. The van der Waals surface area contributed by atoms with Crippen molar-refractivity contribution < 1.29 is 9.84 Å². The molecule has 1 N–H and O–H groups in total. The summed E-state index contributed by atoms with van der Waals surface area (Å²) in [6, 6.07) is 13.4. The van der Waals surface area contributed by atoms with Crippen LogP contribution in [0.15, 0.2) is 54.6 Å². The van der Waals surface area contributed by atoms with Crippen molar-refractivity contribution in [1.82, 2.24) is 0 Å². The van der Waals surface area contributed by atoms with E-state index in [-0.39, 0.29) is 5.75 Å². The van der Waals surface area contributed by atoms with Crippen LogP contribution in [-0.4, -0.2) is 12.2 Å². The Morgan fingerprint density at radius 1 is 1.14 bits per heavy atom. The third kappa shape index (κ3) is 4.01. The Labute approximate surface area is 132 Å². The standard InChI is InChI=1S/C20H22O2/c1-4-5-17(18-9-11-19(21)12-10-18)8-6-16-7-13-20(22-3)15(2)14-16/h5-14,21H,4H2,1-3H3/b8-6+,17-5+. The molecule has 0 radical (unpaired) electrons. The highest BCUT2D eigenvalue weighted by atomic mass is 16.5. The molecular formula is C20H22O2. The summed E-state index contributed by atoms with van der Waals surface area (Å²) in [6.07, 6.45) is 7.35. The predicted molar refractivity (Wildman–Crippen MR) is 93.1 cm³/mol. The minimum Gasteiger partial charge on any atom is -0.508 e. The predicted octanol–water partition coefficient (Wildman–Crippen LogP) is 5.22. The molecule has 0 saturated carbocycles. The van der Waals surface area contributed by atoms with E-state index in [1.807, 2.05) is 31.2 Å². The van der Waals surface area contributed by atoms with Crippen molar-refractivity contribution >= 4 is 11.6 Å². The summed E-state index contributed by atoms with van der Waals surface area (Å²) in [5.41, 5.74) is 4.51. The van der Waals surface area contributed by atoms with Gasteiger partial charge in [0.05, 0.1) is 7.11 Å². The van der Waals surface area contributed by atoms with E-state index in [2.05, 4.69) is 31.2 Å². The maximum Gasteiger partial charge on any atom is 0.121 e. The third-order valence-electron chi connectivity index (χ3n) is 3.50. The molecule has 0 aromatic heterocycles. The van der Waals surface area contributed by atoms with E-state index in [0.717, 1.165) is 34.4 Å². The molecule has 0 amide bonds. The first-order chi connectivity index (χ1) is 10.6. The molecule has 0 atom stereocenters. The van der Waals surface area contributed by atoms with Gasteiger partial charge in [-0.05, 0) is 59.9 Å². The summed E-state index contributed by atoms with van der Waals surface area (Å²) >= 11 is 0. The first-order valence-electron chi connectivity index (χ1n) is 7.46. The number of aryl methyl sites for hydroxylation is 1. The molecule has 2 nitrogen and oxygen atoms in total. The van der Waals surface area contributed by atoms with Crippen molar-refractivity contribution in [2.75, 3.05) is 7.11 Å². The van der Waals surface area contributed by atoms with E-state index in [4.69, 9.17) is 4.74 Å². The van der Waals surface area contributed by atoms with Gasteiger partial charge < -0.3 is 9.84 Å². The van der Waals surface area contributed by atoms with Crippen molar-refractivity contribution in [3.63, 3.8) is 0 Å². The topological polar surface area (TPSA) is 29.5 Å². The van der Waals surface area contributed by atoms with Crippen LogP contribution >= 0.6 is 0 Å². The van der Waals surface area contributed by atoms with Crippen molar-refractivity contribution in [1.29, 1.82) is 0 Å². The molecule has 114 valence electrons. The lowest BCUT2D eigenvalue weighted by Crippen LogP contribution is -1.87. The van der Waals surface area contributed by atoms with Crippen molar-refractivity contribution in [2.45, 2.75) is 20.3 Å². The zero-order valence-electron chi connectivity index (χ0n) is 13.3. The Morgan fingerprint density at radius 2 is 1.86 bits per heavy atom. The maximum absolute atomic E-state index is 9.41. The fourth-order valence-electron chi connectivity index (χ4n) is 2.35. The van der Waals surface area contributed by atoms with Gasteiger partial charge in [-0.1, -0.05) is 43.4 Å². The van der Waals surface area contributed by atoms with E-state index < -0.39 is 0 Å². The summed E-state index contributed by atoms with van der Waals surface area (Å²) in [6.45, 7) is 4.16. The molecule has 2 heteroatoms. The second kappa shape index (κ2) is 7.51. The van der Waals surface area contributed by atoms with E-state index >= 15 is 0 Å². The average molecular weight is 294 g/mol. The Balaban J connectivity index is 2.26. The lowest BCUT2D eigenvalue weighted by molar-refractivity contribution is 0.411. The van der Waals surface area contributed by atoms with Crippen LogP contribution in [0.25, 0.3) is 11.6 Å². The summed E-state index contributed by atoms with van der Waals surface area (Å²) in [5.74, 6) is 1.19. The van der Waals surface area contributed by atoms with Crippen LogP contribution in [0.2, 0.25) is 0 Å². The van der Waals surface area contributed by atoms with Gasteiger partial charge in [-0.15, -0.1) is 0 Å².